The number of hydrogen-bond donors (Lipinski definition) is 1. The highest BCUT2D eigenvalue weighted by Gasteiger charge is 2.44. The lowest BCUT2D eigenvalue weighted by Gasteiger charge is -2.14. The number of nitrogens with two attached hydrogens (primary N) is 1. The van der Waals surface area contributed by atoms with Gasteiger partial charge in [-0.3, -0.25) is 4.79 Å². The molecule has 2 heteroatoms. The fraction of sp³-hybridized carbons (Fsp3) is 0.857. The first-order valence-electron chi connectivity index (χ1n) is 3.58. The van der Waals surface area contributed by atoms with Crippen LogP contribution in [-0.4, -0.2) is 11.8 Å². The number of fused-ring (bicyclic) bond motifs is 2. The number of Topliss-reactive ketones (excluding diaryl/α,β-unsaturated/α-hetero) is 1. The minimum atomic E-state index is -0.0938. The third kappa shape index (κ3) is 0.568. The molecule has 0 aliphatic heterocycles. The molecule has 2 rings (SSSR count). The average Bonchev–Trinajstić information content (AvgIpc) is 2.37. The van der Waals surface area contributed by atoms with Crippen molar-refractivity contribution in [2.45, 2.75) is 25.3 Å². The second kappa shape index (κ2) is 1.57. The molecule has 2 nitrogen and oxygen atoms in total. The van der Waals surface area contributed by atoms with Crippen LogP contribution < -0.4 is 5.73 Å². The largest absolute Gasteiger partial charge is 0.321 e. The summed E-state index contributed by atoms with van der Waals surface area (Å²) in [6.07, 6.45) is 3.38. The monoisotopic (exact) mass is 125 g/mol. The molecule has 3 atom stereocenters. The molecule has 50 valence electrons. The second-order valence-corrected chi connectivity index (χ2v) is 3.20. The van der Waals surface area contributed by atoms with Gasteiger partial charge in [0.2, 0.25) is 0 Å². The Kier molecular flexibility index (Phi) is 0.943. The van der Waals surface area contributed by atoms with Crippen LogP contribution in [0.5, 0.6) is 0 Å². The molecular formula is C7H11NO. The van der Waals surface area contributed by atoms with Crippen LogP contribution in [0.1, 0.15) is 19.3 Å². The first-order valence-corrected chi connectivity index (χ1v) is 3.58. The summed E-state index contributed by atoms with van der Waals surface area (Å²) in [4.78, 5) is 11.0. The quantitative estimate of drug-likeness (QED) is 0.506. The summed E-state index contributed by atoms with van der Waals surface area (Å²) in [5, 5.41) is 0. The summed E-state index contributed by atoms with van der Waals surface area (Å²) in [7, 11) is 0. The van der Waals surface area contributed by atoms with Crippen LogP contribution in [0.3, 0.4) is 0 Å². The molecule has 2 aliphatic rings. The summed E-state index contributed by atoms with van der Waals surface area (Å²) in [5.74, 6) is 1.22. The van der Waals surface area contributed by atoms with E-state index in [2.05, 4.69) is 0 Å². The van der Waals surface area contributed by atoms with Crippen molar-refractivity contribution in [2.24, 2.45) is 17.6 Å². The van der Waals surface area contributed by atoms with E-state index in [1.54, 1.807) is 0 Å². The van der Waals surface area contributed by atoms with Crippen molar-refractivity contribution in [1.29, 1.82) is 0 Å². The topological polar surface area (TPSA) is 43.1 Å². The predicted molar refractivity (Wildman–Crippen MR) is 33.8 cm³/mol. The molecule has 2 N–H and O–H groups in total. The lowest BCUT2D eigenvalue weighted by molar-refractivity contribution is -0.122. The number of ketones is 1. The molecule has 3 unspecified atom stereocenters. The van der Waals surface area contributed by atoms with E-state index in [0.29, 0.717) is 17.6 Å². The second-order valence-electron chi connectivity index (χ2n) is 3.20. The van der Waals surface area contributed by atoms with Gasteiger partial charge in [0.05, 0.1) is 6.04 Å². The van der Waals surface area contributed by atoms with Crippen molar-refractivity contribution in [3.63, 3.8) is 0 Å². The van der Waals surface area contributed by atoms with Gasteiger partial charge in [-0.15, -0.1) is 0 Å². The van der Waals surface area contributed by atoms with Gasteiger partial charge in [0.25, 0.3) is 0 Å². The SMILES string of the molecule is NC1C(=O)C2CCC1C2. The van der Waals surface area contributed by atoms with Gasteiger partial charge in [-0.05, 0) is 25.2 Å². The van der Waals surface area contributed by atoms with Gasteiger partial charge in [0, 0.05) is 5.92 Å². The Bertz CT molecular complexity index is 151. The Hall–Kier alpha value is -0.370. The molecule has 0 radical (unpaired) electrons. The van der Waals surface area contributed by atoms with Crippen molar-refractivity contribution < 1.29 is 4.79 Å². The van der Waals surface area contributed by atoms with Crippen molar-refractivity contribution in [2.75, 3.05) is 0 Å². The zero-order chi connectivity index (χ0) is 6.43. The number of carbonyl (C=O) groups is 1. The van der Waals surface area contributed by atoms with Gasteiger partial charge >= 0.3 is 0 Å². The van der Waals surface area contributed by atoms with Crippen LogP contribution in [0.4, 0.5) is 0 Å². The van der Waals surface area contributed by atoms with Crippen LogP contribution in [0, 0.1) is 11.8 Å². The van der Waals surface area contributed by atoms with Crippen LogP contribution in [-0.2, 0) is 4.79 Å². The predicted octanol–water partition coefficient (Wildman–Crippen LogP) is 0.313. The van der Waals surface area contributed by atoms with Gasteiger partial charge in [0.15, 0.2) is 5.78 Å². The first-order chi connectivity index (χ1) is 4.29. The third-order valence-corrected chi connectivity index (χ3v) is 2.71. The fourth-order valence-electron chi connectivity index (χ4n) is 2.11. The minimum Gasteiger partial charge on any atom is -0.321 e. The Morgan fingerprint density at radius 2 is 2.22 bits per heavy atom. The lowest BCUT2D eigenvalue weighted by Crippen LogP contribution is -2.35. The van der Waals surface area contributed by atoms with Crippen LogP contribution >= 0.6 is 0 Å². The third-order valence-electron chi connectivity index (χ3n) is 2.71. The zero-order valence-corrected chi connectivity index (χ0v) is 5.34. The molecule has 0 spiro atoms. The summed E-state index contributed by atoms with van der Waals surface area (Å²) in [6.45, 7) is 0. The molecule has 2 fully saturated rings. The van der Waals surface area contributed by atoms with E-state index in [1.807, 2.05) is 0 Å². The van der Waals surface area contributed by atoms with E-state index in [1.165, 1.54) is 6.42 Å². The van der Waals surface area contributed by atoms with E-state index in [9.17, 15) is 4.79 Å². The van der Waals surface area contributed by atoms with E-state index in [0.717, 1.165) is 12.8 Å². The van der Waals surface area contributed by atoms with Crippen LogP contribution in [0.2, 0.25) is 0 Å². The number of rotatable bonds is 0. The molecule has 0 aromatic carbocycles. The van der Waals surface area contributed by atoms with Crippen molar-refractivity contribution in [3.05, 3.63) is 0 Å². The van der Waals surface area contributed by atoms with Crippen molar-refractivity contribution in [3.8, 4) is 0 Å². The normalized spacial score (nSPS) is 48.6. The van der Waals surface area contributed by atoms with Gasteiger partial charge in [-0.2, -0.15) is 0 Å². The highest BCUT2D eigenvalue weighted by atomic mass is 16.1. The number of hydrogen-bond acceptors (Lipinski definition) is 2. The Morgan fingerprint density at radius 3 is 2.56 bits per heavy atom. The Morgan fingerprint density at radius 1 is 1.44 bits per heavy atom. The maximum Gasteiger partial charge on any atom is 0.152 e. The summed E-state index contributed by atoms with van der Waals surface area (Å²) in [5.41, 5.74) is 5.61. The maximum atomic E-state index is 11.0. The molecule has 2 bridgehead atoms. The fourth-order valence-corrected chi connectivity index (χ4v) is 2.11. The maximum absolute atomic E-state index is 11.0. The highest BCUT2D eigenvalue weighted by molar-refractivity contribution is 5.89. The van der Waals surface area contributed by atoms with Gasteiger partial charge < -0.3 is 5.73 Å². The number of carbonyl (C=O) groups excluding carboxylic acids is 1. The van der Waals surface area contributed by atoms with E-state index in [-0.39, 0.29) is 6.04 Å². The highest BCUT2D eigenvalue weighted by Crippen LogP contribution is 2.40. The smallest absolute Gasteiger partial charge is 0.152 e. The van der Waals surface area contributed by atoms with Gasteiger partial charge in [-0.1, -0.05) is 0 Å². The minimum absolute atomic E-state index is 0.0938. The first kappa shape index (κ1) is 5.42. The Labute approximate surface area is 54.4 Å². The molecule has 0 heterocycles. The summed E-state index contributed by atoms with van der Waals surface area (Å²) < 4.78 is 0. The van der Waals surface area contributed by atoms with Crippen molar-refractivity contribution in [1.82, 2.24) is 0 Å². The molecule has 0 aromatic heterocycles. The van der Waals surface area contributed by atoms with E-state index in [4.69, 9.17) is 5.73 Å². The van der Waals surface area contributed by atoms with Gasteiger partial charge in [-0.25, -0.2) is 0 Å². The molecule has 2 aliphatic carbocycles. The molecule has 0 aromatic rings. The van der Waals surface area contributed by atoms with Crippen molar-refractivity contribution >= 4 is 5.78 Å². The molecule has 0 amide bonds. The van der Waals surface area contributed by atoms with Crippen LogP contribution in [0.15, 0.2) is 0 Å². The molecule has 2 saturated carbocycles. The van der Waals surface area contributed by atoms with E-state index >= 15 is 0 Å². The summed E-state index contributed by atoms with van der Waals surface area (Å²) >= 11 is 0. The summed E-state index contributed by atoms with van der Waals surface area (Å²) in [6, 6.07) is -0.0938. The Balaban J connectivity index is 2.25. The lowest BCUT2D eigenvalue weighted by atomic mass is 9.95. The average molecular weight is 125 g/mol. The van der Waals surface area contributed by atoms with Gasteiger partial charge in [0.1, 0.15) is 0 Å². The zero-order valence-electron chi connectivity index (χ0n) is 5.34. The molecular weight excluding hydrogens is 114 g/mol. The molecule has 0 saturated heterocycles. The van der Waals surface area contributed by atoms with E-state index < -0.39 is 0 Å². The van der Waals surface area contributed by atoms with Crippen LogP contribution in [0.25, 0.3) is 0 Å². The molecule has 9 heavy (non-hydrogen) atoms. The standard InChI is InChI=1S/C7H11NO/c8-6-4-1-2-5(3-4)7(6)9/h4-6H,1-3,8H2.